The van der Waals surface area contributed by atoms with E-state index in [0.29, 0.717) is 0 Å². The largest absolute Gasteiger partial charge is 0.508 e. The Morgan fingerprint density at radius 1 is 0.729 bits per heavy atom. The van der Waals surface area contributed by atoms with Crippen LogP contribution in [0.2, 0.25) is 0 Å². The van der Waals surface area contributed by atoms with Crippen molar-refractivity contribution in [3.05, 3.63) is 101 Å². The molecule has 2 aromatic rings. The number of hydrogen-bond acceptors (Lipinski definition) is 19. The summed E-state index contributed by atoms with van der Waals surface area (Å²) in [6, 6.07) is 9.99. The summed E-state index contributed by atoms with van der Waals surface area (Å²) in [4.78, 5) is 22.7. The topological polar surface area (TPSA) is 321 Å². The minimum atomic E-state index is -1.93. The van der Waals surface area contributed by atoms with Gasteiger partial charge in [-0.15, -0.1) is 0 Å². The maximum atomic E-state index is 11.8. The Morgan fingerprint density at radius 3 is 2.02 bits per heavy atom. The molecule has 2 aromatic carbocycles. The van der Waals surface area contributed by atoms with E-state index in [1.807, 2.05) is 0 Å². The number of phenolic OH excluding ortho intramolecular Hbond substituents is 3. The van der Waals surface area contributed by atoms with Crippen LogP contribution in [0.4, 0.5) is 0 Å². The Bertz CT molecular complexity index is 2000. The smallest absolute Gasteiger partial charge is 0.317 e. The molecule has 3 aliphatic heterocycles. The summed E-state index contributed by atoms with van der Waals surface area (Å²) in [6.07, 6.45) is -12.5. The molecule has 59 heavy (non-hydrogen) atoms. The van der Waals surface area contributed by atoms with Crippen molar-refractivity contribution in [2.45, 2.75) is 73.9 Å². The first kappa shape index (κ1) is 42.9. The van der Waals surface area contributed by atoms with Crippen molar-refractivity contribution in [2.24, 2.45) is 0 Å². The van der Waals surface area contributed by atoms with Gasteiger partial charge in [0.2, 0.25) is 12.6 Å². The summed E-state index contributed by atoms with van der Waals surface area (Å²) in [7, 11) is 0. The summed E-state index contributed by atoms with van der Waals surface area (Å²) in [5.74, 6) is -4.67. The highest BCUT2D eigenvalue weighted by Crippen LogP contribution is 2.41. The van der Waals surface area contributed by atoms with Gasteiger partial charge in [-0.3, -0.25) is 9.59 Å². The fourth-order valence-corrected chi connectivity index (χ4v) is 6.28. The fraction of sp³-hybridized carbons (Fsp3) is 0.385. The molecule has 11 atom stereocenters. The van der Waals surface area contributed by atoms with Gasteiger partial charge in [0.15, 0.2) is 23.0 Å². The zero-order valence-corrected chi connectivity index (χ0v) is 30.7. The minimum Gasteiger partial charge on any atom is -0.508 e. The van der Waals surface area contributed by atoms with Crippen LogP contribution >= 0.6 is 0 Å². The number of aliphatic carboxylic acids is 1. The molecule has 0 spiro atoms. The molecule has 11 N–H and O–H groups in total. The van der Waals surface area contributed by atoms with Crippen molar-refractivity contribution in [3.8, 4) is 17.2 Å². The zero-order chi connectivity index (χ0) is 42.5. The number of aliphatic hydroxyl groups excluding tert-OH is 7. The molecule has 1 aliphatic carbocycles. The van der Waals surface area contributed by atoms with Crippen molar-refractivity contribution < 1.29 is 98.9 Å². The van der Waals surface area contributed by atoms with Crippen molar-refractivity contribution in [1.29, 1.82) is 0 Å². The van der Waals surface area contributed by atoms with E-state index >= 15 is 0 Å². The van der Waals surface area contributed by atoms with Gasteiger partial charge in [-0.25, -0.2) is 0 Å². The quantitative estimate of drug-likeness (QED) is 0.0496. The third-order valence-corrected chi connectivity index (χ3v) is 9.41. The van der Waals surface area contributed by atoms with Gasteiger partial charge < -0.3 is 89.3 Å². The number of carboxylic acid groups (broad SMARTS) is 1. The molecule has 11 unspecified atom stereocenters. The van der Waals surface area contributed by atoms with Crippen molar-refractivity contribution in [3.63, 3.8) is 0 Å². The molecule has 318 valence electrons. The molecule has 3 heterocycles. The number of carbonyl (C=O) groups excluding carboxylic acids is 1. The van der Waals surface area contributed by atoms with Crippen LogP contribution in [0, 0.1) is 0 Å². The number of rotatable bonds is 14. The lowest BCUT2D eigenvalue weighted by Gasteiger charge is -2.42. The summed E-state index contributed by atoms with van der Waals surface area (Å²) in [5.41, 5.74) is 0.929. The maximum Gasteiger partial charge on any atom is 0.317 e. The van der Waals surface area contributed by atoms with E-state index in [0.717, 1.165) is 23.8 Å². The maximum absolute atomic E-state index is 11.8. The van der Waals surface area contributed by atoms with Gasteiger partial charge in [0.05, 0.1) is 13.2 Å². The minimum absolute atomic E-state index is 0.0418. The molecule has 2 saturated heterocycles. The molecule has 20 nitrogen and oxygen atoms in total. The second-order valence-corrected chi connectivity index (χ2v) is 13.7. The molecule has 2 fully saturated rings. The Labute approximate surface area is 334 Å². The third kappa shape index (κ3) is 10.1. The second-order valence-electron chi connectivity index (χ2n) is 13.7. The Morgan fingerprint density at radius 2 is 1.37 bits per heavy atom. The predicted octanol–water partition coefficient (Wildman–Crippen LogP) is -0.467. The van der Waals surface area contributed by atoms with Crippen LogP contribution < -0.4 is 0 Å². The lowest BCUT2D eigenvalue weighted by atomic mass is 9.96. The Balaban J connectivity index is 1.24. The number of aromatic hydroxyl groups is 3. The average molecular weight is 831 g/mol. The summed E-state index contributed by atoms with van der Waals surface area (Å²) >= 11 is 0. The molecule has 0 amide bonds. The average Bonchev–Trinajstić information content (AvgIpc) is 3.19. The number of phenols is 3. The van der Waals surface area contributed by atoms with Crippen LogP contribution in [0.3, 0.4) is 0 Å². The first-order valence-corrected chi connectivity index (χ1v) is 18.0. The number of ether oxygens (including phenoxy) is 7. The normalized spacial score (nSPS) is 30.7. The number of fused-ring (bicyclic) bond motifs is 1. The van der Waals surface area contributed by atoms with Gasteiger partial charge in [-0.1, -0.05) is 24.3 Å². The summed E-state index contributed by atoms with van der Waals surface area (Å²) < 4.78 is 40.1. The molecule has 0 saturated carbocycles. The van der Waals surface area contributed by atoms with E-state index in [9.17, 15) is 60.7 Å². The number of benzene rings is 2. The van der Waals surface area contributed by atoms with Crippen LogP contribution in [-0.4, -0.2) is 155 Å². The molecular formula is C39H42O20. The summed E-state index contributed by atoms with van der Waals surface area (Å²) in [6.45, 7) is -0.983. The van der Waals surface area contributed by atoms with Crippen molar-refractivity contribution in [2.75, 3.05) is 19.8 Å². The van der Waals surface area contributed by atoms with Crippen LogP contribution in [0.5, 0.6) is 17.2 Å². The van der Waals surface area contributed by atoms with E-state index in [-0.39, 0.29) is 47.4 Å². The van der Waals surface area contributed by atoms with Gasteiger partial charge >= 0.3 is 11.9 Å². The molecule has 0 aromatic heterocycles. The Hall–Kier alpha value is -5.68. The first-order chi connectivity index (χ1) is 28.1. The molecule has 6 rings (SSSR count). The van der Waals surface area contributed by atoms with E-state index in [1.54, 1.807) is 24.3 Å². The summed E-state index contributed by atoms with van der Waals surface area (Å²) in [5, 5.41) is 114. The molecule has 4 aliphatic rings. The van der Waals surface area contributed by atoms with Crippen LogP contribution in [0.1, 0.15) is 17.5 Å². The van der Waals surface area contributed by atoms with Gasteiger partial charge in [0.25, 0.3) is 0 Å². The molecule has 20 heteroatoms. The third-order valence-electron chi connectivity index (χ3n) is 9.41. The number of hydrogen-bond donors (Lipinski definition) is 11. The number of aliphatic hydroxyl groups is 7. The number of carboxylic acids is 1. The highest BCUT2D eigenvalue weighted by Gasteiger charge is 2.48. The lowest BCUT2D eigenvalue weighted by Crippen LogP contribution is -2.59. The molecule has 0 bridgehead atoms. The van der Waals surface area contributed by atoms with Crippen LogP contribution in [0.15, 0.2) is 89.6 Å². The zero-order valence-electron chi connectivity index (χ0n) is 30.7. The van der Waals surface area contributed by atoms with Crippen molar-refractivity contribution in [1.82, 2.24) is 0 Å². The highest BCUT2D eigenvalue weighted by atomic mass is 16.7. The molecule has 0 radical (unpaired) electrons. The van der Waals surface area contributed by atoms with Gasteiger partial charge in [-0.2, -0.15) is 0 Å². The fourth-order valence-electron chi connectivity index (χ4n) is 6.28. The number of allylic oxidation sites excluding steroid dienone is 2. The second kappa shape index (κ2) is 18.5. The van der Waals surface area contributed by atoms with E-state index < -0.39 is 110 Å². The predicted molar refractivity (Wildman–Crippen MR) is 195 cm³/mol. The first-order valence-electron chi connectivity index (χ1n) is 18.0. The van der Waals surface area contributed by atoms with Gasteiger partial charge in [0.1, 0.15) is 85.2 Å². The number of carbonyl (C=O) groups is 2. The van der Waals surface area contributed by atoms with Crippen LogP contribution in [-0.2, 0) is 42.7 Å². The van der Waals surface area contributed by atoms with E-state index in [4.69, 9.17) is 38.3 Å². The van der Waals surface area contributed by atoms with Gasteiger partial charge in [-0.05, 0) is 42.0 Å². The highest BCUT2D eigenvalue weighted by molar-refractivity contribution is 5.90. The van der Waals surface area contributed by atoms with E-state index in [2.05, 4.69) is 0 Å². The van der Waals surface area contributed by atoms with Crippen LogP contribution in [0.25, 0.3) is 11.8 Å². The Kier molecular flexibility index (Phi) is 13.5. The van der Waals surface area contributed by atoms with E-state index in [1.165, 1.54) is 30.4 Å². The van der Waals surface area contributed by atoms with Gasteiger partial charge in [0, 0.05) is 23.3 Å². The lowest BCUT2D eigenvalue weighted by molar-refractivity contribution is -0.292. The van der Waals surface area contributed by atoms with Crippen molar-refractivity contribution >= 4 is 23.8 Å². The molecular weight excluding hydrogens is 788 g/mol. The monoisotopic (exact) mass is 830 g/mol. The SMILES string of the molecule is O=C(O)CC(=O)OCC1OC(OC2=CC(O)=CC3OC(c4ccc(O)c(O)c4)=C(OC4OC(COCC=Cc5ccc(O)cc5)C(O)C(O)C4O)C=C23)C(O)C(O)C1O. The number of esters is 1. The standard InChI is InChI=1S/C39H42O20/c40-19-6-3-17(4-7-19)2-1-9-53-15-27-31(47)33(49)36(52)39(58-27)57-26-13-21-24(55-37(26)18-5-8-22(42)23(43)10-18)11-20(41)12-25(21)56-38-35(51)34(50)32(48)28(59-38)16-54-30(46)14-29(44)45/h1-8,10-13,24,27-28,31-36,38-43,47-52H,9,14-16H2,(H,44,45).